The summed E-state index contributed by atoms with van der Waals surface area (Å²) in [6.45, 7) is 0.373. The molecule has 4 heterocycles. The number of benzene rings is 1. The molecule has 0 saturated carbocycles. The number of amides is 2. The van der Waals surface area contributed by atoms with Gasteiger partial charge in [0, 0.05) is 0 Å². The Morgan fingerprint density at radius 1 is 1.31 bits per heavy atom. The number of pyridine rings is 1. The average Bonchev–Trinajstić information content (AvgIpc) is 3.15. The third-order valence-corrected chi connectivity index (χ3v) is 10.0. The Balaban J connectivity index is 1.75. The molecule has 2 aliphatic rings. The van der Waals surface area contributed by atoms with Crippen LogP contribution in [0, 0.1) is 5.82 Å². The number of carbonyl (C=O) groups is 2. The van der Waals surface area contributed by atoms with Gasteiger partial charge in [0.15, 0.2) is 0 Å². The van der Waals surface area contributed by atoms with Gasteiger partial charge in [-0.2, -0.15) is 0 Å². The van der Waals surface area contributed by atoms with Crippen LogP contribution in [0.2, 0.25) is 0 Å². The topological polar surface area (TPSA) is 117 Å². The average molecular weight is 663 g/mol. The second-order valence-electron chi connectivity index (χ2n) is 6.79. The summed E-state index contributed by atoms with van der Waals surface area (Å²) in [4.78, 5) is 33.0. The molecule has 1 atom stereocenters. The fraction of sp³-hybridized carbons (Fsp3) is 0.150. The van der Waals surface area contributed by atoms with E-state index in [0.717, 1.165) is 0 Å². The molecule has 12 heteroatoms. The molecule has 9 nitrogen and oxygen atoms in total. The van der Waals surface area contributed by atoms with Gasteiger partial charge in [-0.05, 0) is 0 Å². The summed E-state index contributed by atoms with van der Waals surface area (Å²) in [5.74, 6) is -0.292. The number of fused-ring (bicyclic) bond motifs is 3. The van der Waals surface area contributed by atoms with Crippen LogP contribution in [-0.2, 0) is 0 Å². The van der Waals surface area contributed by atoms with E-state index in [1.54, 1.807) is 30.6 Å². The first-order chi connectivity index (χ1) is 15.6. The van der Waals surface area contributed by atoms with E-state index in [1.165, 1.54) is 13.2 Å². The van der Waals surface area contributed by atoms with Crippen molar-refractivity contribution in [3.05, 3.63) is 53.7 Å². The van der Waals surface area contributed by atoms with Gasteiger partial charge in [0.1, 0.15) is 0 Å². The number of alkyl halides is 1. The minimum atomic E-state index is -1.07. The SMILES string of the molecule is COc1c(F)cccc1Nc1c2[nH]c3c1C(=O)NC[C@H]3[I-]C(=O)N[I-]Oc1cnccc1-2. The third-order valence-electron chi connectivity index (χ3n) is 4.96. The molecular weight excluding hydrogens is 647 g/mol. The number of rotatable bonds is 3. The summed E-state index contributed by atoms with van der Waals surface area (Å²) in [5, 5.41) is 6.09. The molecule has 0 unspecified atom stereocenters. The van der Waals surface area contributed by atoms with E-state index in [9.17, 15) is 14.0 Å². The summed E-state index contributed by atoms with van der Waals surface area (Å²) >= 11 is -2.05. The van der Waals surface area contributed by atoms with Gasteiger partial charge in [-0.3, -0.25) is 0 Å². The normalized spacial score (nSPS) is 17.8. The number of methoxy groups -OCH3 is 1. The molecule has 4 N–H and O–H groups in total. The number of nitrogens with one attached hydrogen (secondary N) is 4. The summed E-state index contributed by atoms with van der Waals surface area (Å²) in [6.07, 6.45) is 3.19. The van der Waals surface area contributed by atoms with Crippen molar-refractivity contribution in [1.29, 1.82) is 0 Å². The van der Waals surface area contributed by atoms with Crippen LogP contribution < -0.4 is 65.1 Å². The zero-order chi connectivity index (χ0) is 22.2. The first kappa shape index (κ1) is 21.2. The van der Waals surface area contributed by atoms with Gasteiger partial charge in [-0.25, -0.2) is 0 Å². The predicted octanol–water partition coefficient (Wildman–Crippen LogP) is -3.14. The molecule has 1 aromatic carbocycles. The number of hydrogen-bond donors (Lipinski definition) is 4. The monoisotopic (exact) mass is 663 g/mol. The second-order valence-corrected chi connectivity index (χ2v) is 11.3. The Kier molecular flexibility index (Phi) is 5.79. The van der Waals surface area contributed by atoms with E-state index in [2.05, 4.69) is 24.1 Å². The molecule has 3 aromatic rings. The van der Waals surface area contributed by atoms with Gasteiger partial charge in [0.05, 0.1) is 0 Å². The number of para-hydroxylation sites is 1. The third kappa shape index (κ3) is 3.74. The number of halogens is 3. The van der Waals surface area contributed by atoms with E-state index >= 15 is 0 Å². The summed E-state index contributed by atoms with van der Waals surface area (Å²) in [7, 11) is 1.38. The van der Waals surface area contributed by atoms with Crippen LogP contribution in [0.4, 0.5) is 20.6 Å². The molecule has 0 fully saturated rings. The standard InChI is InChI=1S/C20H16FI2N5O4/c1-31-18-10(21)3-2-4-12(18)26-17-14-16-11(7-25-19(14)29)22-20(30)28-23-32-13-8-24-6-5-9(13)15(17)27-16/h2-6,8,11,26-27H,7H2,1H3,(H,25,29)(H,28,30)/q-2/t11-/m1/s1. The van der Waals surface area contributed by atoms with Crippen LogP contribution in [0.3, 0.4) is 0 Å². The Hall–Kier alpha value is -2.62. The van der Waals surface area contributed by atoms with E-state index in [0.29, 0.717) is 46.2 Å². The van der Waals surface area contributed by atoms with Crippen LogP contribution >= 0.6 is 0 Å². The number of carbonyl (C=O) groups excluding carboxylic acids is 2. The Morgan fingerprint density at radius 2 is 2.19 bits per heavy atom. The minimum absolute atomic E-state index is 0.0335. The van der Waals surface area contributed by atoms with Crippen molar-refractivity contribution >= 4 is 21.2 Å². The fourth-order valence-corrected chi connectivity index (χ4v) is 7.85. The number of anilines is 2. The second kappa shape index (κ2) is 8.73. The first-order valence-electron chi connectivity index (χ1n) is 9.39. The first-order valence-corrected chi connectivity index (χ1v) is 13.7. The van der Waals surface area contributed by atoms with Crippen molar-refractivity contribution in [2.24, 2.45) is 0 Å². The molecule has 2 bridgehead atoms. The van der Waals surface area contributed by atoms with Gasteiger partial charge in [0.2, 0.25) is 0 Å². The number of nitrogens with zero attached hydrogens (tertiary/aromatic N) is 1. The molecule has 0 aliphatic carbocycles. The molecule has 2 amide bonds. The Labute approximate surface area is 203 Å². The molecule has 5 rings (SSSR count). The molecule has 2 aliphatic heterocycles. The molecule has 168 valence electrons. The molecule has 32 heavy (non-hydrogen) atoms. The van der Waals surface area contributed by atoms with Crippen molar-refractivity contribution in [3.63, 3.8) is 0 Å². The zero-order valence-electron chi connectivity index (χ0n) is 16.5. The number of hydrogen-bond acceptors (Lipinski definition) is 6. The summed E-state index contributed by atoms with van der Waals surface area (Å²) in [6, 6.07) is 6.30. The number of H-pyrrole nitrogens is 1. The van der Waals surface area contributed by atoms with E-state index in [1.807, 2.05) is 0 Å². The van der Waals surface area contributed by atoms with Crippen LogP contribution in [0.25, 0.3) is 11.3 Å². The van der Waals surface area contributed by atoms with Gasteiger partial charge in [-0.15, -0.1) is 0 Å². The van der Waals surface area contributed by atoms with Crippen molar-refractivity contribution in [2.75, 3.05) is 19.0 Å². The molecular formula is C20H16FI2N5O4-2. The van der Waals surface area contributed by atoms with Crippen LogP contribution in [-0.4, -0.2) is 33.4 Å². The molecule has 0 saturated heterocycles. The van der Waals surface area contributed by atoms with Crippen molar-refractivity contribution in [2.45, 2.75) is 3.92 Å². The summed E-state index contributed by atoms with van der Waals surface area (Å²) in [5.41, 5.74) is 3.19. The van der Waals surface area contributed by atoms with Gasteiger partial charge >= 0.3 is 204 Å². The quantitative estimate of drug-likeness (QED) is 0.0775. The van der Waals surface area contributed by atoms with E-state index in [-0.39, 0.29) is 19.5 Å². The number of ether oxygens (including phenoxy) is 1. The Morgan fingerprint density at radius 3 is 3.03 bits per heavy atom. The van der Waals surface area contributed by atoms with Crippen molar-refractivity contribution in [1.82, 2.24) is 18.8 Å². The van der Waals surface area contributed by atoms with E-state index < -0.39 is 48.9 Å². The van der Waals surface area contributed by atoms with E-state index in [4.69, 9.17) is 7.80 Å². The maximum absolute atomic E-state index is 14.3. The van der Waals surface area contributed by atoms with Gasteiger partial charge in [-0.1, -0.05) is 0 Å². The number of aromatic amines is 1. The number of aromatic nitrogens is 2. The summed E-state index contributed by atoms with van der Waals surface area (Å²) < 4.78 is 28.2. The van der Waals surface area contributed by atoms with Crippen LogP contribution in [0.5, 0.6) is 11.5 Å². The van der Waals surface area contributed by atoms with Crippen LogP contribution in [0.1, 0.15) is 20.0 Å². The zero-order valence-corrected chi connectivity index (χ0v) is 20.8. The predicted molar refractivity (Wildman–Crippen MR) is 104 cm³/mol. The fourth-order valence-electron chi connectivity index (χ4n) is 3.61. The Bertz CT molecular complexity index is 1230. The van der Waals surface area contributed by atoms with Crippen LogP contribution in [0.15, 0.2) is 36.7 Å². The van der Waals surface area contributed by atoms with Gasteiger partial charge in [0.25, 0.3) is 0 Å². The molecule has 2 aromatic heterocycles. The molecule has 0 spiro atoms. The maximum atomic E-state index is 14.3. The van der Waals surface area contributed by atoms with Crippen molar-refractivity contribution < 1.29 is 64.9 Å². The molecule has 0 radical (unpaired) electrons. The van der Waals surface area contributed by atoms with Gasteiger partial charge < -0.3 is 0 Å². The van der Waals surface area contributed by atoms with Crippen molar-refractivity contribution in [3.8, 4) is 22.8 Å².